The standard InChI is InChI=1S/C13H14N2O4S/c16-11(17)6-7-15(9-4-2-1-3-5-9)12(18)10-8-20-13(19)14-10/h1-5,10H,6-8H2,(H,14,19)(H,16,17). The zero-order valence-corrected chi connectivity index (χ0v) is 11.4. The zero-order chi connectivity index (χ0) is 14.5. The second-order valence-electron chi connectivity index (χ2n) is 4.26. The van der Waals surface area contributed by atoms with Gasteiger partial charge < -0.3 is 15.3 Å². The number of hydrogen-bond donors (Lipinski definition) is 2. The van der Waals surface area contributed by atoms with E-state index in [1.165, 1.54) is 4.90 Å². The summed E-state index contributed by atoms with van der Waals surface area (Å²) >= 11 is 1.06. The first-order chi connectivity index (χ1) is 9.58. The number of anilines is 1. The van der Waals surface area contributed by atoms with E-state index < -0.39 is 12.0 Å². The number of benzene rings is 1. The molecule has 6 nitrogen and oxygen atoms in total. The van der Waals surface area contributed by atoms with E-state index in [0.29, 0.717) is 11.4 Å². The molecule has 2 rings (SSSR count). The van der Waals surface area contributed by atoms with Gasteiger partial charge in [-0.25, -0.2) is 0 Å². The average molecular weight is 294 g/mol. The minimum atomic E-state index is -0.969. The lowest BCUT2D eigenvalue weighted by Gasteiger charge is -2.24. The van der Waals surface area contributed by atoms with Crippen LogP contribution in [0.3, 0.4) is 0 Å². The van der Waals surface area contributed by atoms with Gasteiger partial charge in [-0.2, -0.15) is 0 Å². The highest BCUT2D eigenvalue weighted by Gasteiger charge is 2.32. The number of carbonyl (C=O) groups is 3. The van der Waals surface area contributed by atoms with E-state index in [9.17, 15) is 14.4 Å². The highest BCUT2D eigenvalue weighted by atomic mass is 32.2. The summed E-state index contributed by atoms with van der Waals surface area (Å²) in [5.41, 5.74) is 0.630. The predicted octanol–water partition coefficient (Wildman–Crippen LogP) is 1.32. The van der Waals surface area contributed by atoms with E-state index in [1.54, 1.807) is 24.3 Å². The molecule has 1 unspecified atom stereocenters. The molecule has 7 heteroatoms. The van der Waals surface area contributed by atoms with Crippen LogP contribution in [0.5, 0.6) is 0 Å². The molecule has 1 heterocycles. The Kier molecular flexibility index (Phi) is 4.62. The summed E-state index contributed by atoms with van der Waals surface area (Å²) in [6, 6.07) is 8.25. The van der Waals surface area contributed by atoms with Gasteiger partial charge in [-0.05, 0) is 12.1 Å². The molecule has 0 saturated carbocycles. The van der Waals surface area contributed by atoms with Gasteiger partial charge in [0.1, 0.15) is 6.04 Å². The first kappa shape index (κ1) is 14.4. The summed E-state index contributed by atoms with van der Waals surface area (Å²) in [4.78, 5) is 35.7. The second-order valence-corrected chi connectivity index (χ2v) is 5.26. The number of para-hydroxylation sites is 1. The summed E-state index contributed by atoms with van der Waals surface area (Å²) in [6.45, 7) is 0.0786. The molecule has 2 N–H and O–H groups in total. The second kappa shape index (κ2) is 6.42. The molecular weight excluding hydrogens is 280 g/mol. The minimum absolute atomic E-state index is 0.0786. The number of nitrogens with one attached hydrogen (secondary N) is 1. The highest BCUT2D eigenvalue weighted by molar-refractivity contribution is 8.14. The van der Waals surface area contributed by atoms with Crippen LogP contribution in [0.2, 0.25) is 0 Å². The summed E-state index contributed by atoms with van der Waals surface area (Å²) in [5, 5.41) is 11.1. The first-order valence-electron chi connectivity index (χ1n) is 6.09. The van der Waals surface area contributed by atoms with Gasteiger partial charge in [0.15, 0.2) is 0 Å². The van der Waals surface area contributed by atoms with Gasteiger partial charge in [-0.3, -0.25) is 14.4 Å². The third kappa shape index (κ3) is 3.51. The van der Waals surface area contributed by atoms with E-state index in [-0.39, 0.29) is 24.1 Å². The maximum Gasteiger partial charge on any atom is 0.305 e. The lowest BCUT2D eigenvalue weighted by atomic mass is 10.2. The number of rotatable bonds is 5. The number of nitrogens with zero attached hydrogens (tertiary/aromatic N) is 1. The van der Waals surface area contributed by atoms with Gasteiger partial charge in [0.05, 0.1) is 6.42 Å². The molecule has 1 aliphatic heterocycles. The maximum atomic E-state index is 12.4. The average Bonchev–Trinajstić information content (AvgIpc) is 2.86. The predicted molar refractivity (Wildman–Crippen MR) is 75.8 cm³/mol. The number of amides is 2. The van der Waals surface area contributed by atoms with Crippen molar-refractivity contribution in [2.45, 2.75) is 12.5 Å². The van der Waals surface area contributed by atoms with Crippen LogP contribution in [0.15, 0.2) is 30.3 Å². The Balaban J connectivity index is 2.15. The van der Waals surface area contributed by atoms with Crippen LogP contribution in [0.4, 0.5) is 10.5 Å². The maximum absolute atomic E-state index is 12.4. The molecule has 20 heavy (non-hydrogen) atoms. The van der Waals surface area contributed by atoms with E-state index in [0.717, 1.165) is 11.8 Å². The topological polar surface area (TPSA) is 86.7 Å². The molecule has 0 bridgehead atoms. The van der Waals surface area contributed by atoms with Crippen molar-refractivity contribution in [1.82, 2.24) is 5.32 Å². The van der Waals surface area contributed by atoms with Gasteiger partial charge >= 0.3 is 5.97 Å². The van der Waals surface area contributed by atoms with Crippen molar-refractivity contribution >= 4 is 34.6 Å². The zero-order valence-electron chi connectivity index (χ0n) is 10.6. The first-order valence-corrected chi connectivity index (χ1v) is 7.08. The number of carboxylic acids is 1. The van der Waals surface area contributed by atoms with Crippen LogP contribution in [-0.4, -0.2) is 40.6 Å². The Morgan fingerprint density at radius 1 is 1.35 bits per heavy atom. The molecule has 106 valence electrons. The molecule has 1 atom stereocenters. The summed E-state index contributed by atoms with van der Waals surface area (Å²) in [5.74, 6) is -0.881. The molecule has 2 amide bonds. The Hall–Kier alpha value is -2.02. The van der Waals surface area contributed by atoms with Crippen molar-refractivity contribution in [2.75, 3.05) is 17.2 Å². The SMILES string of the molecule is O=C(O)CCN(C(=O)C1CSC(=O)N1)c1ccccc1. The van der Waals surface area contributed by atoms with Crippen molar-refractivity contribution in [1.29, 1.82) is 0 Å². The van der Waals surface area contributed by atoms with Crippen LogP contribution >= 0.6 is 11.8 Å². The van der Waals surface area contributed by atoms with E-state index >= 15 is 0 Å². The quantitative estimate of drug-likeness (QED) is 0.855. The van der Waals surface area contributed by atoms with E-state index in [2.05, 4.69) is 5.32 Å². The molecule has 0 spiro atoms. The summed E-state index contributed by atoms with van der Waals surface area (Å²) in [7, 11) is 0. The molecule has 1 aliphatic rings. The van der Waals surface area contributed by atoms with Crippen molar-refractivity contribution in [2.24, 2.45) is 0 Å². The molecule has 1 fully saturated rings. The monoisotopic (exact) mass is 294 g/mol. The molecule has 1 saturated heterocycles. The van der Waals surface area contributed by atoms with Crippen LogP contribution in [0.1, 0.15) is 6.42 Å². The molecular formula is C13H14N2O4S. The fourth-order valence-corrected chi connectivity index (χ4v) is 2.66. The Bertz CT molecular complexity index is 520. The number of hydrogen-bond acceptors (Lipinski definition) is 4. The fraction of sp³-hybridized carbons (Fsp3) is 0.308. The Morgan fingerprint density at radius 2 is 2.05 bits per heavy atom. The van der Waals surface area contributed by atoms with Gasteiger partial charge in [-0.1, -0.05) is 30.0 Å². The summed E-state index contributed by atoms with van der Waals surface area (Å²) in [6.07, 6.45) is -0.144. The number of aliphatic carboxylic acids is 1. The van der Waals surface area contributed by atoms with Crippen LogP contribution in [0.25, 0.3) is 0 Å². The van der Waals surface area contributed by atoms with Gasteiger partial charge in [0, 0.05) is 18.0 Å². The fourth-order valence-electron chi connectivity index (χ4n) is 1.89. The molecule has 1 aromatic carbocycles. The van der Waals surface area contributed by atoms with E-state index in [4.69, 9.17) is 5.11 Å². The molecule has 0 aromatic heterocycles. The third-order valence-corrected chi connectivity index (χ3v) is 3.73. The van der Waals surface area contributed by atoms with Crippen molar-refractivity contribution in [3.63, 3.8) is 0 Å². The van der Waals surface area contributed by atoms with Crippen molar-refractivity contribution < 1.29 is 19.5 Å². The molecule has 0 aliphatic carbocycles. The third-order valence-electron chi connectivity index (χ3n) is 2.85. The van der Waals surface area contributed by atoms with Crippen LogP contribution in [-0.2, 0) is 9.59 Å². The van der Waals surface area contributed by atoms with E-state index in [1.807, 2.05) is 6.07 Å². The lowest BCUT2D eigenvalue weighted by Crippen LogP contribution is -2.46. The smallest absolute Gasteiger partial charge is 0.305 e. The van der Waals surface area contributed by atoms with Crippen LogP contribution in [0, 0.1) is 0 Å². The minimum Gasteiger partial charge on any atom is -0.481 e. The van der Waals surface area contributed by atoms with Gasteiger partial charge in [-0.15, -0.1) is 0 Å². The lowest BCUT2D eigenvalue weighted by molar-refractivity contribution is -0.136. The number of carboxylic acid groups (broad SMARTS) is 1. The normalized spacial score (nSPS) is 17.6. The number of carbonyl (C=O) groups excluding carboxylic acids is 2. The number of thioether (sulfide) groups is 1. The summed E-state index contributed by atoms with van der Waals surface area (Å²) < 4.78 is 0. The van der Waals surface area contributed by atoms with Gasteiger partial charge in [0.25, 0.3) is 5.24 Å². The molecule has 0 radical (unpaired) electrons. The van der Waals surface area contributed by atoms with Crippen molar-refractivity contribution in [3.05, 3.63) is 30.3 Å². The van der Waals surface area contributed by atoms with Gasteiger partial charge in [0.2, 0.25) is 5.91 Å². The van der Waals surface area contributed by atoms with Crippen LogP contribution < -0.4 is 10.2 Å². The molecule has 1 aromatic rings. The van der Waals surface area contributed by atoms with Crippen molar-refractivity contribution in [3.8, 4) is 0 Å². The Labute approximate surface area is 120 Å². The largest absolute Gasteiger partial charge is 0.481 e. The Morgan fingerprint density at radius 3 is 2.60 bits per heavy atom. The highest BCUT2D eigenvalue weighted by Crippen LogP contribution is 2.20.